The Bertz CT molecular complexity index is 527. The number of sulfonamides is 1. The molecule has 0 aliphatic rings. The smallest absolute Gasteiger partial charge is 0.242 e. The first kappa shape index (κ1) is 15.8. The maximum atomic E-state index is 12.2. The van der Waals surface area contributed by atoms with Crippen LogP contribution < -0.4 is 15.2 Å². The van der Waals surface area contributed by atoms with Crippen LogP contribution in [0.15, 0.2) is 23.1 Å². The fourth-order valence-electron chi connectivity index (χ4n) is 1.98. The number of hydrogen-bond donors (Lipinski definition) is 2. The fraction of sp³-hybridized carbons (Fsp3) is 0.538. The van der Waals surface area contributed by atoms with Gasteiger partial charge in [0.2, 0.25) is 10.0 Å². The van der Waals surface area contributed by atoms with Crippen molar-refractivity contribution in [3.8, 4) is 5.75 Å². The summed E-state index contributed by atoms with van der Waals surface area (Å²) in [4.78, 5) is 0.0870. The van der Waals surface area contributed by atoms with Gasteiger partial charge in [0.1, 0.15) is 10.6 Å². The predicted octanol–water partition coefficient (Wildman–Crippen LogP) is 1.99. The normalized spacial score (nSPS) is 13.5. The molecule has 0 aliphatic heterocycles. The molecule has 0 amide bonds. The maximum Gasteiger partial charge on any atom is 0.242 e. The Kier molecular flexibility index (Phi) is 5.20. The molecule has 1 aromatic carbocycles. The van der Waals surface area contributed by atoms with Crippen molar-refractivity contribution in [3.63, 3.8) is 0 Å². The number of rotatable bonds is 6. The van der Waals surface area contributed by atoms with Crippen molar-refractivity contribution in [2.45, 2.75) is 38.1 Å². The lowest BCUT2D eigenvalue weighted by Crippen LogP contribution is -2.33. The molecule has 108 valence electrons. The molecule has 0 saturated heterocycles. The van der Waals surface area contributed by atoms with Gasteiger partial charge in [-0.25, -0.2) is 13.1 Å². The molecule has 5 nitrogen and oxygen atoms in total. The molecule has 19 heavy (non-hydrogen) atoms. The summed E-state index contributed by atoms with van der Waals surface area (Å²) in [6.07, 6.45) is 0.773. The van der Waals surface area contributed by atoms with Crippen LogP contribution in [0.2, 0.25) is 0 Å². The van der Waals surface area contributed by atoms with E-state index in [1.165, 1.54) is 19.2 Å². The summed E-state index contributed by atoms with van der Waals surface area (Å²) in [6.45, 7) is 5.94. The number of nitrogen functional groups attached to an aromatic ring is 1. The average molecular weight is 286 g/mol. The number of hydrogen-bond acceptors (Lipinski definition) is 4. The molecule has 0 spiro atoms. The van der Waals surface area contributed by atoms with Gasteiger partial charge in [0.15, 0.2) is 0 Å². The van der Waals surface area contributed by atoms with Crippen LogP contribution in [0.3, 0.4) is 0 Å². The monoisotopic (exact) mass is 286 g/mol. The summed E-state index contributed by atoms with van der Waals surface area (Å²) in [5.74, 6) is 0.956. The van der Waals surface area contributed by atoms with Gasteiger partial charge < -0.3 is 10.5 Å². The Balaban J connectivity index is 2.94. The lowest BCUT2D eigenvalue weighted by Gasteiger charge is -2.17. The van der Waals surface area contributed by atoms with Crippen LogP contribution in [0.1, 0.15) is 27.2 Å². The third-order valence-electron chi connectivity index (χ3n) is 2.69. The highest BCUT2D eigenvalue weighted by Crippen LogP contribution is 2.24. The summed E-state index contributed by atoms with van der Waals surface area (Å²) in [7, 11) is -2.09. The van der Waals surface area contributed by atoms with E-state index in [1.807, 2.05) is 20.8 Å². The zero-order valence-electron chi connectivity index (χ0n) is 11.8. The SMILES string of the molecule is COc1ccc(S(=O)(=O)NC(C)CC(C)C)c(N)c1. The minimum absolute atomic E-state index is 0.0870. The van der Waals surface area contributed by atoms with Crippen LogP contribution in [0.5, 0.6) is 5.75 Å². The molecular formula is C13H22N2O3S. The van der Waals surface area contributed by atoms with Gasteiger partial charge >= 0.3 is 0 Å². The van der Waals surface area contributed by atoms with E-state index in [-0.39, 0.29) is 16.6 Å². The second-order valence-electron chi connectivity index (χ2n) is 5.06. The van der Waals surface area contributed by atoms with Gasteiger partial charge in [0, 0.05) is 12.1 Å². The zero-order valence-corrected chi connectivity index (χ0v) is 12.6. The summed E-state index contributed by atoms with van der Waals surface area (Å²) in [5, 5.41) is 0. The Morgan fingerprint density at radius 1 is 1.32 bits per heavy atom. The van der Waals surface area contributed by atoms with Crippen LogP contribution in [0, 0.1) is 5.92 Å². The van der Waals surface area contributed by atoms with E-state index in [2.05, 4.69) is 4.72 Å². The molecule has 0 saturated carbocycles. The first-order chi connectivity index (χ1) is 8.76. The van der Waals surface area contributed by atoms with Crippen LogP contribution in [0.4, 0.5) is 5.69 Å². The van der Waals surface area contributed by atoms with Crippen molar-refractivity contribution in [3.05, 3.63) is 18.2 Å². The molecule has 1 unspecified atom stereocenters. The third kappa shape index (κ3) is 4.40. The number of methoxy groups -OCH3 is 1. The lowest BCUT2D eigenvalue weighted by atomic mass is 10.1. The first-order valence-electron chi connectivity index (χ1n) is 6.22. The summed E-state index contributed by atoms with van der Waals surface area (Å²) in [6, 6.07) is 4.41. The highest BCUT2D eigenvalue weighted by Gasteiger charge is 2.20. The summed E-state index contributed by atoms with van der Waals surface area (Å²) < 4.78 is 32.1. The van der Waals surface area contributed by atoms with Crippen LogP contribution >= 0.6 is 0 Å². The van der Waals surface area contributed by atoms with Gasteiger partial charge in [-0.1, -0.05) is 13.8 Å². The minimum Gasteiger partial charge on any atom is -0.497 e. The Morgan fingerprint density at radius 3 is 2.42 bits per heavy atom. The molecule has 0 aliphatic carbocycles. The number of nitrogens with two attached hydrogens (primary N) is 1. The van der Waals surface area contributed by atoms with Crippen molar-refractivity contribution in [1.82, 2.24) is 4.72 Å². The van der Waals surface area contributed by atoms with Crippen LogP contribution in [0.25, 0.3) is 0 Å². The molecule has 1 aromatic rings. The molecule has 6 heteroatoms. The quantitative estimate of drug-likeness (QED) is 0.784. The average Bonchev–Trinajstić information content (AvgIpc) is 2.26. The molecule has 0 heterocycles. The number of benzene rings is 1. The Labute approximate surface area is 115 Å². The van der Waals surface area contributed by atoms with Gasteiger partial charge in [0.05, 0.1) is 12.8 Å². The highest BCUT2D eigenvalue weighted by atomic mass is 32.2. The summed E-state index contributed by atoms with van der Waals surface area (Å²) in [5.41, 5.74) is 5.94. The van der Waals surface area contributed by atoms with Gasteiger partial charge in [-0.05, 0) is 31.4 Å². The van der Waals surface area contributed by atoms with E-state index in [0.717, 1.165) is 6.42 Å². The minimum atomic E-state index is -3.59. The van der Waals surface area contributed by atoms with E-state index in [4.69, 9.17) is 10.5 Å². The molecular weight excluding hydrogens is 264 g/mol. The topological polar surface area (TPSA) is 81.4 Å². The molecule has 1 rings (SSSR count). The van der Waals surface area contributed by atoms with E-state index in [0.29, 0.717) is 11.7 Å². The summed E-state index contributed by atoms with van der Waals surface area (Å²) >= 11 is 0. The number of anilines is 1. The van der Waals surface area contributed by atoms with Gasteiger partial charge in [-0.2, -0.15) is 0 Å². The van der Waals surface area contributed by atoms with Gasteiger partial charge in [-0.15, -0.1) is 0 Å². The van der Waals surface area contributed by atoms with Crippen molar-refractivity contribution < 1.29 is 13.2 Å². The third-order valence-corrected chi connectivity index (χ3v) is 4.35. The second-order valence-corrected chi connectivity index (χ2v) is 6.74. The second kappa shape index (κ2) is 6.25. The zero-order chi connectivity index (χ0) is 14.6. The van der Waals surface area contributed by atoms with Gasteiger partial charge in [0.25, 0.3) is 0 Å². The van der Waals surface area contributed by atoms with E-state index >= 15 is 0 Å². The Morgan fingerprint density at radius 2 is 1.95 bits per heavy atom. The Hall–Kier alpha value is -1.27. The first-order valence-corrected chi connectivity index (χ1v) is 7.70. The van der Waals surface area contributed by atoms with Crippen LogP contribution in [-0.4, -0.2) is 21.6 Å². The van der Waals surface area contributed by atoms with E-state index in [1.54, 1.807) is 6.07 Å². The lowest BCUT2D eigenvalue weighted by molar-refractivity contribution is 0.414. The van der Waals surface area contributed by atoms with Crippen molar-refractivity contribution in [2.24, 2.45) is 5.92 Å². The van der Waals surface area contributed by atoms with Crippen molar-refractivity contribution in [2.75, 3.05) is 12.8 Å². The molecule has 3 N–H and O–H groups in total. The largest absolute Gasteiger partial charge is 0.497 e. The molecule has 1 atom stereocenters. The number of nitrogens with one attached hydrogen (secondary N) is 1. The molecule has 0 radical (unpaired) electrons. The van der Waals surface area contributed by atoms with E-state index in [9.17, 15) is 8.42 Å². The van der Waals surface area contributed by atoms with E-state index < -0.39 is 10.0 Å². The fourth-order valence-corrected chi connectivity index (χ4v) is 3.35. The molecule has 0 fully saturated rings. The molecule has 0 bridgehead atoms. The molecule has 0 aromatic heterocycles. The number of ether oxygens (including phenoxy) is 1. The highest BCUT2D eigenvalue weighted by molar-refractivity contribution is 7.89. The maximum absolute atomic E-state index is 12.2. The van der Waals surface area contributed by atoms with Crippen molar-refractivity contribution in [1.29, 1.82) is 0 Å². The predicted molar refractivity (Wildman–Crippen MR) is 76.6 cm³/mol. The van der Waals surface area contributed by atoms with Crippen LogP contribution in [-0.2, 0) is 10.0 Å². The standard InChI is InChI=1S/C13H22N2O3S/c1-9(2)7-10(3)15-19(16,17)13-6-5-11(18-4)8-12(13)14/h5-6,8-10,15H,7,14H2,1-4H3. The van der Waals surface area contributed by atoms with Gasteiger partial charge in [-0.3, -0.25) is 0 Å². The van der Waals surface area contributed by atoms with Crippen molar-refractivity contribution >= 4 is 15.7 Å².